The third-order valence-electron chi connectivity index (χ3n) is 5.19. The summed E-state index contributed by atoms with van der Waals surface area (Å²) in [5.74, 6) is 1.65. The first-order valence-electron chi connectivity index (χ1n) is 9.92. The molecule has 152 valence electrons. The van der Waals surface area contributed by atoms with E-state index in [1.807, 2.05) is 18.7 Å². The number of nitrogens with zero attached hydrogens (tertiary/aromatic N) is 4. The van der Waals surface area contributed by atoms with Gasteiger partial charge in [-0.25, -0.2) is 4.39 Å². The molecule has 1 amide bonds. The van der Waals surface area contributed by atoms with Crippen LogP contribution in [0, 0.1) is 11.7 Å². The van der Waals surface area contributed by atoms with Crippen molar-refractivity contribution in [2.75, 3.05) is 13.1 Å². The Kier molecular flexibility index (Phi) is 6.44. The summed E-state index contributed by atoms with van der Waals surface area (Å²) in [4.78, 5) is 21.5. The average Bonchev–Trinajstić information content (AvgIpc) is 3.06. The van der Waals surface area contributed by atoms with Gasteiger partial charge in [-0.1, -0.05) is 45.0 Å². The summed E-state index contributed by atoms with van der Waals surface area (Å²) >= 11 is 0. The number of hydrogen-bond acceptors (Lipinski definition) is 5. The van der Waals surface area contributed by atoms with Gasteiger partial charge in [-0.2, -0.15) is 4.98 Å². The molecular formula is C21H29FN4O2. The van der Waals surface area contributed by atoms with Gasteiger partial charge >= 0.3 is 0 Å². The Morgan fingerprint density at radius 1 is 1.18 bits per heavy atom. The van der Waals surface area contributed by atoms with Crippen molar-refractivity contribution < 1.29 is 13.7 Å². The maximum Gasteiger partial charge on any atom is 0.229 e. The highest BCUT2D eigenvalue weighted by Crippen LogP contribution is 2.22. The van der Waals surface area contributed by atoms with Gasteiger partial charge in [0.25, 0.3) is 0 Å². The van der Waals surface area contributed by atoms with E-state index in [1.165, 1.54) is 12.1 Å². The third-order valence-corrected chi connectivity index (χ3v) is 5.19. The van der Waals surface area contributed by atoms with Crippen LogP contribution >= 0.6 is 0 Å². The molecule has 2 heterocycles. The van der Waals surface area contributed by atoms with Gasteiger partial charge in [0.2, 0.25) is 11.8 Å². The topological polar surface area (TPSA) is 62.5 Å². The summed E-state index contributed by atoms with van der Waals surface area (Å²) in [6.07, 6.45) is 0.444. The summed E-state index contributed by atoms with van der Waals surface area (Å²) in [5.41, 5.74) is 0.939. The number of halogens is 1. The number of amides is 1. The summed E-state index contributed by atoms with van der Waals surface area (Å²) in [6, 6.07) is 6.44. The van der Waals surface area contributed by atoms with Crippen molar-refractivity contribution in [2.24, 2.45) is 5.92 Å². The molecule has 6 nitrogen and oxygen atoms in total. The predicted octanol–water partition coefficient (Wildman–Crippen LogP) is 3.59. The maximum atomic E-state index is 13.2. The predicted molar refractivity (Wildman–Crippen MR) is 104 cm³/mol. The van der Waals surface area contributed by atoms with Crippen LogP contribution in [0.15, 0.2) is 28.8 Å². The van der Waals surface area contributed by atoms with E-state index in [9.17, 15) is 9.18 Å². The van der Waals surface area contributed by atoms with Crippen molar-refractivity contribution in [1.82, 2.24) is 19.9 Å². The van der Waals surface area contributed by atoms with E-state index in [4.69, 9.17) is 4.52 Å². The smallest absolute Gasteiger partial charge is 0.229 e. The molecule has 1 aromatic carbocycles. The summed E-state index contributed by atoms with van der Waals surface area (Å²) in [5, 5.41) is 4.08. The van der Waals surface area contributed by atoms with E-state index in [0.29, 0.717) is 43.7 Å². The van der Waals surface area contributed by atoms with E-state index in [0.717, 1.165) is 12.1 Å². The largest absolute Gasteiger partial charge is 0.339 e. The fourth-order valence-corrected chi connectivity index (χ4v) is 3.51. The molecule has 1 saturated heterocycles. The van der Waals surface area contributed by atoms with Gasteiger partial charge in [0.1, 0.15) is 5.82 Å². The van der Waals surface area contributed by atoms with E-state index in [2.05, 4.69) is 28.9 Å². The highest BCUT2D eigenvalue weighted by Gasteiger charge is 2.32. The molecule has 0 bridgehead atoms. The molecule has 0 N–H and O–H groups in total. The van der Waals surface area contributed by atoms with Crippen LogP contribution in [0.4, 0.5) is 4.39 Å². The van der Waals surface area contributed by atoms with Crippen LogP contribution < -0.4 is 0 Å². The summed E-state index contributed by atoms with van der Waals surface area (Å²) in [6.45, 7) is 10.8. The first kappa shape index (κ1) is 20.5. The lowest BCUT2D eigenvalue weighted by atomic mass is 10.0. The van der Waals surface area contributed by atoms with Gasteiger partial charge in [0.15, 0.2) is 5.82 Å². The number of aromatic nitrogens is 2. The number of carbonyl (C=O) groups is 1. The molecule has 0 aliphatic carbocycles. The van der Waals surface area contributed by atoms with Crippen molar-refractivity contribution in [3.05, 3.63) is 47.4 Å². The van der Waals surface area contributed by atoms with E-state index >= 15 is 0 Å². The molecule has 1 atom stereocenters. The molecule has 1 aromatic heterocycles. The Morgan fingerprint density at radius 2 is 1.89 bits per heavy atom. The third kappa shape index (κ3) is 4.95. The fraction of sp³-hybridized carbons (Fsp3) is 0.571. The average molecular weight is 388 g/mol. The first-order chi connectivity index (χ1) is 13.3. The van der Waals surface area contributed by atoms with Gasteiger partial charge in [-0.3, -0.25) is 9.69 Å². The minimum atomic E-state index is -0.265. The van der Waals surface area contributed by atoms with E-state index in [1.54, 1.807) is 12.1 Å². The lowest BCUT2D eigenvalue weighted by molar-refractivity contribution is -0.134. The lowest BCUT2D eigenvalue weighted by Crippen LogP contribution is -2.45. The number of hydrogen-bond donors (Lipinski definition) is 0. The zero-order valence-corrected chi connectivity index (χ0v) is 17.1. The van der Waals surface area contributed by atoms with Crippen molar-refractivity contribution in [1.29, 1.82) is 0 Å². The van der Waals surface area contributed by atoms with Crippen LogP contribution in [0.5, 0.6) is 0 Å². The Balaban J connectivity index is 1.74. The SMILES string of the molecule is CC(C)c1nc(CN2CCC(=O)N(Cc3ccc(F)cc3)[C@H](C(C)C)C2)no1. The Labute approximate surface area is 165 Å². The standard InChI is InChI=1S/C21H29FN4O2/c1-14(2)18-12-25(13-19-23-21(15(3)4)28-24-19)10-9-20(27)26(18)11-16-5-7-17(22)8-6-16/h5-8,14-15,18H,9-13H2,1-4H3/t18-/m0/s1. The molecule has 0 spiro atoms. The van der Waals surface area contributed by atoms with Crippen LogP contribution in [-0.2, 0) is 17.9 Å². The monoisotopic (exact) mass is 388 g/mol. The van der Waals surface area contributed by atoms with Gasteiger partial charge in [0, 0.05) is 38.0 Å². The Hall–Kier alpha value is -2.28. The molecule has 7 heteroatoms. The molecular weight excluding hydrogens is 359 g/mol. The Bertz CT molecular complexity index is 788. The second kappa shape index (κ2) is 8.82. The van der Waals surface area contributed by atoms with Crippen molar-refractivity contribution in [3.63, 3.8) is 0 Å². The van der Waals surface area contributed by atoms with Gasteiger partial charge in [-0.05, 0) is 23.6 Å². The molecule has 0 saturated carbocycles. The molecule has 28 heavy (non-hydrogen) atoms. The van der Waals surface area contributed by atoms with Crippen LogP contribution in [0.2, 0.25) is 0 Å². The summed E-state index contributed by atoms with van der Waals surface area (Å²) < 4.78 is 18.5. The zero-order valence-electron chi connectivity index (χ0n) is 17.1. The van der Waals surface area contributed by atoms with Gasteiger partial charge < -0.3 is 9.42 Å². The molecule has 1 fully saturated rings. The van der Waals surface area contributed by atoms with Crippen molar-refractivity contribution in [2.45, 2.75) is 59.2 Å². The molecule has 1 aliphatic heterocycles. The van der Waals surface area contributed by atoms with Crippen LogP contribution in [0.3, 0.4) is 0 Å². The van der Waals surface area contributed by atoms with Crippen molar-refractivity contribution in [3.8, 4) is 0 Å². The second-order valence-corrected chi connectivity index (χ2v) is 8.15. The number of rotatable bonds is 6. The van der Waals surface area contributed by atoms with Crippen LogP contribution in [0.1, 0.15) is 57.3 Å². The molecule has 1 aliphatic rings. The van der Waals surface area contributed by atoms with Gasteiger partial charge in [-0.15, -0.1) is 0 Å². The van der Waals surface area contributed by atoms with Crippen LogP contribution in [-0.4, -0.2) is 45.0 Å². The first-order valence-corrected chi connectivity index (χ1v) is 9.92. The van der Waals surface area contributed by atoms with Crippen LogP contribution in [0.25, 0.3) is 0 Å². The van der Waals surface area contributed by atoms with Gasteiger partial charge in [0.05, 0.1) is 6.54 Å². The number of carbonyl (C=O) groups excluding carboxylic acids is 1. The number of benzene rings is 1. The highest BCUT2D eigenvalue weighted by molar-refractivity contribution is 5.77. The highest BCUT2D eigenvalue weighted by atomic mass is 19.1. The minimum absolute atomic E-state index is 0.0662. The minimum Gasteiger partial charge on any atom is -0.339 e. The van der Waals surface area contributed by atoms with E-state index < -0.39 is 0 Å². The quantitative estimate of drug-likeness (QED) is 0.757. The van der Waals surface area contributed by atoms with E-state index in [-0.39, 0.29) is 23.7 Å². The van der Waals surface area contributed by atoms with Crippen molar-refractivity contribution >= 4 is 5.91 Å². The lowest BCUT2D eigenvalue weighted by Gasteiger charge is -2.34. The summed E-state index contributed by atoms with van der Waals surface area (Å²) in [7, 11) is 0. The second-order valence-electron chi connectivity index (χ2n) is 8.15. The Morgan fingerprint density at radius 3 is 2.50 bits per heavy atom. The molecule has 2 aromatic rings. The maximum absolute atomic E-state index is 13.2. The fourth-order valence-electron chi connectivity index (χ4n) is 3.51. The normalized spacial score (nSPS) is 18.9. The molecule has 3 rings (SSSR count). The zero-order chi connectivity index (χ0) is 20.3. The molecule has 0 radical (unpaired) electrons. The molecule has 0 unspecified atom stereocenters.